The summed E-state index contributed by atoms with van der Waals surface area (Å²) in [5.41, 5.74) is 0.951. The van der Waals surface area contributed by atoms with Gasteiger partial charge in [-0.25, -0.2) is 4.79 Å². The van der Waals surface area contributed by atoms with Gasteiger partial charge in [-0.1, -0.05) is 18.2 Å². The van der Waals surface area contributed by atoms with Crippen LogP contribution in [0.15, 0.2) is 47.1 Å². The first-order valence-corrected chi connectivity index (χ1v) is 8.45. The van der Waals surface area contributed by atoms with Crippen LogP contribution in [-0.2, 0) is 14.3 Å². The molecule has 0 bridgehead atoms. The lowest BCUT2D eigenvalue weighted by Gasteiger charge is -2.13. The van der Waals surface area contributed by atoms with Crippen molar-refractivity contribution in [2.75, 3.05) is 20.3 Å². The van der Waals surface area contributed by atoms with E-state index in [9.17, 15) is 9.59 Å². The summed E-state index contributed by atoms with van der Waals surface area (Å²) in [6.07, 6.45) is 5.35. The van der Waals surface area contributed by atoms with Gasteiger partial charge in [-0.05, 0) is 43.7 Å². The van der Waals surface area contributed by atoms with Gasteiger partial charge in [0.25, 0.3) is 5.91 Å². The highest BCUT2D eigenvalue weighted by atomic mass is 16.6. The number of allylic oxidation sites excluding steroid dienone is 1. The maximum atomic E-state index is 11.8. The van der Waals surface area contributed by atoms with Crippen LogP contribution in [0.5, 0.6) is 11.5 Å². The second-order valence-corrected chi connectivity index (χ2v) is 5.66. The van der Waals surface area contributed by atoms with Crippen LogP contribution in [0.3, 0.4) is 0 Å². The Labute approximate surface area is 157 Å². The molecule has 1 amide bonds. The number of carbonyl (C=O) groups is 2. The zero-order valence-corrected chi connectivity index (χ0v) is 15.6. The largest absolute Gasteiger partial charge is 0.493 e. The Morgan fingerprint density at radius 1 is 1.22 bits per heavy atom. The van der Waals surface area contributed by atoms with Gasteiger partial charge in [-0.3, -0.25) is 4.79 Å². The minimum absolute atomic E-state index is 0.317. The molecule has 0 aliphatic heterocycles. The Morgan fingerprint density at radius 3 is 2.70 bits per heavy atom. The van der Waals surface area contributed by atoms with Gasteiger partial charge in [0.05, 0.1) is 19.4 Å². The van der Waals surface area contributed by atoms with E-state index in [1.54, 1.807) is 31.2 Å². The van der Waals surface area contributed by atoms with Crippen molar-refractivity contribution < 1.29 is 28.2 Å². The van der Waals surface area contributed by atoms with E-state index in [4.69, 9.17) is 18.6 Å². The lowest BCUT2D eigenvalue weighted by atomic mass is 10.2. The molecule has 0 unspecified atom stereocenters. The van der Waals surface area contributed by atoms with Crippen LogP contribution in [0.4, 0.5) is 0 Å². The number of furan rings is 1. The minimum atomic E-state index is -0.657. The van der Waals surface area contributed by atoms with E-state index in [2.05, 4.69) is 5.32 Å². The van der Waals surface area contributed by atoms with E-state index in [1.807, 2.05) is 25.1 Å². The van der Waals surface area contributed by atoms with Crippen molar-refractivity contribution in [3.63, 3.8) is 0 Å². The third-order valence-electron chi connectivity index (χ3n) is 3.60. The van der Waals surface area contributed by atoms with Crippen LogP contribution < -0.4 is 14.8 Å². The summed E-state index contributed by atoms with van der Waals surface area (Å²) in [6.45, 7) is 2.95. The SMILES string of the molecule is C/C=C/c1ccc(OCC(=O)OCC(=O)N[C@@H](C)c2ccco2)c(OC)c1. The van der Waals surface area contributed by atoms with Crippen LogP contribution in [-0.4, -0.2) is 32.2 Å². The minimum Gasteiger partial charge on any atom is -0.493 e. The number of amides is 1. The van der Waals surface area contributed by atoms with Gasteiger partial charge >= 0.3 is 5.97 Å². The molecule has 1 aromatic carbocycles. The third kappa shape index (κ3) is 6.22. The highest BCUT2D eigenvalue weighted by molar-refractivity contribution is 5.81. The Hall–Kier alpha value is -3.22. The Bertz CT molecular complexity index is 782. The molecule has 0 spiro atoms. The van der Waals surface area contributed by atoms with Gasteiger partial charge in [-0.2, -0.15) is 0 Å². The third-order valence-corrected chi connectivity index (χ3v) is 3.60. The first kappa shape index (κ1) is 20.1. The fourth-order valence-electron chi connectivity index (χ4n) is 2.32. The molecule has 0 saturated heterocycles. The number of hydrogen-bond acceptors (Lipinski definition) is 6. The average Bonchev–Trinajstić information content (AvgIpc) is 3.20. The number of methoxy groups -OCH3 is 1. The summed E-state index contributed by atoms with van der Waals surface area (Å²) in [5.74, 6) is 0.449. The Morgan fingerprint density at radius 2 is 2.04 bits per heavy atom. The molecule has 2 aromatic rings. The van der Waals surface area contributed by atoms with E-state index < -0.39 is 18.5 Å². The number of nitrogens with one attached hydrogen (secondary N) is 1. The molecule has 0 aliphatic carbocycles. The van der Waals surface area contributed by atoms with Gasteiger partial charge in [0, 0.05) is 0 Å². The molecule has 0 radical (unpaired) electrons. The predicted molar refractivity (Wildman–Crippen MR) is 99.4 cm³/mol. The number of hydrogen-bond donors (Lipinski definition) is 1. The summed E-state index contributed by atoms with van der Waals surface area (Å²) >= 11 is 0. The van der Waals surface area contributed by atoms with Crippen molar-refractivity contribution in [2.45, 2.75) is 19.9 Å². The fraction of sp³-hybridized carbons (Fsp3) is 0.300. The first-order valence-electron chi connectivity index (χ1n) is 8.45. The van der Waals surface area contributed by atoms with Gasteiger partial charge in [0.2, 0.25) is 0 Å². The summed E-state index contributed by atoms with van der Waals surface area (Å²) < 4.78 is 20.8. The average molecular weight is 373 g/mol. The normalized spacial score (nSPS) is 11.8. The topological polar surface area (TPSA) is 87.0 Å². The summed E-state index contributed by atoms with van der Waals surface area (Å²) in [5, 5.41) is 2.67. The second-order valence-electron chi connectivity index (χ2n) is 5.66. The summed E-state index contributed by atoms with van der Waals surface area (Å²) in [6, 6.07) is 8.51. The van der Waals surface area contributed by atoms with Crippen molar-refractivity contribution in [1.82, 2.24) is 5.32 Å². The molecule has 144 valence electrons. The monoisotopic (exact) mass is 373 g/mol. The van der Waals surface area contributed by atoms with E-state index >= 15 is 0 Å². The van der Waals surface area contributed by atoms with E-state index in [1.165, 1.54) is 13.4 Å². The maximum absolute atomic E-state index is 11.8. The van der Waals surface area contributed by atoms with Crippen molar-refractivity contribution in [1.29, 1.82) is 0 Å². The Balaban J connectivity index is 1.78. The van der Waals surface area contributed by atoms with Crippen molar-refractivity contribution in [3.8, 4) is 11.5 Å². The highest BCUT2D eigenvalue weighted by Crippen LogP contribution is 2.28. The number of ether oxygens (including phenoxy) is 3. The lowest BCUT2D eigenvalue weighted by molar-refractivity contribution is -0.150. The number of benzene rings is 1. The van der Waals surface area contributed by atoms with E-state index in [-0.39, 0.29) is 12.6 Å². The molecule has 0 aliphatic rings. The highest BCUT2D eigenvalue weighted by Gasteiger charge is 2.14. The molecular formula is C20H23NO6. The van der Waals surface area contributed by atoms with Gasteiger partial charge < -0.3 is 23.9 Å². The summed E-state index contributed by atoms with van der Waals surface area (Å²) in [4.78, 5) is 23.6. The smallest absolute Gasteiger partial charge is 0.344 e. The molecule has 2 rings (SSSR count). The molecule has 1 N–H and O–H groups in total. The van der Waals surface area contributed by atoms with Crippen molar-refractivity contribution >= 4 is 18.0 Å². The predicted octanol–water partition coefficient (Wildman–Crippen LogP) is 3.12. The van der Waals surface area contributed by atoms with Crippen LogP contribution in [0.25, 0.3) is 6.08 Å². The standard InChI is InChI=1S/C20H23NO6/c1-4-6-15-8-9-17(18(11-15)24-3)26-13-20(23)27-12-19(22)21-14(2)16-7-5-10-25-16/h4-11,14H,12-13H2,1-3H3,(H,21,22)/b6-4+/t14-/m0/s1. The lowest BCUT2D eigenvalue weighted by Crippen LogP contribution is -2.31. The molecule has 27 heavy (non-hydrogen) atoms. The first-order chi connectivity index (χ1) is 13.0. The molecule has 7 heteroatoms. The van der Waals surface area contributed by atoms with Crippen LogP contribution in [0.2, 0.25) is 0 Å². The van der Waals surface area contributed by atoms with Crippen molar-refractivity contribution in [3.05, 3.63) is 54.0 Å². The molecule has 1 heterocycles. The molecule has 1 aromatic heterocycles. The van der Waals surface area contributed by atoms with Crippen LogP contribution in [0, 0.1) is 0 Å². The maximum Gasteiger partial charge on any atom is 0.344 e. The molecule has 0 saturated carbocycles. The van der Waals surface area contributed by atoms with Crippen molar-refractivity contribution in [2.24, 2.45) is 0 Å². The number of rotatable bonds is 9. The quantitative estimate of drug-likeness (QED) is 0.680. The summed E-state index contributed by atoms with van der Waals surface area (Å²) in [7, 11) is 1.52. The van der Waals surface area contributed by atoms with Gasteiger partial charge in [0.15, 0.2) is 24.7 Å². The van der Waals surface area contributed by atoms with Crippen LogP contribution in [0.1, 0.15) is 31.2 Å². The molecule has 7 nitrogen and oxygen atoms in total. The zero-order valence-electron chi connectivity index (χ0n) is 15.6. The van der Waals surface area contributed by atoms with Crippen LogP contribution >= 0.6 is 0 Å². The second kappa shape index (κ2) is 10.1. The fourth-order valence-corrected chi connectivity index (χ4v) is 2.32. The Kier molecular flexibility index (Phi) is 7.49. The molecule has 0 fully saturated rings. The zero-order chi connectivity index (χ0) is 19.6. The molecular weight excluding hydrogens is 350 g/mol. The van der Waals surface area contributed by atoms with Gasteiger partial charge in [0.1, 0.15) is 5.76 Å². The molecule has 1 atom stereocenters. The van der Waals surface area contributed by atoms with Gasteiger partial charge in [-0.15, -0.1) is 0 Å². The van der Waals surface area contributed by atoms with E-state index in [0.717, 1.165) is 5.56 Å². The number of carbonyl (C=O) groups excluding carboxylic acids is 2. The number of esters is 1. The van der Waals surface area contributed by atoms with E-state index in [0.29, 0.717) is 17.3 Å².